The van der Waals surface area contributed by atoms with Crippen molar-refractivity contribution >= 4 is 28.1 Å². The number of aromatic hydroxyl groups is 1. The Morgan fingerprint density at radius 1 is 1.12 bits per heavy atom. The molecule has 0 atom stereocenters. The number of hydrogen-bond donors (Lipinski definition) is 1. The Morgan fingerprint density at radius 3 is 2.65 bits per heavy atom. The Kier molecular flexibility index (Phi) is 1.95. The van der Waals surface area contributed by atoms with E-state index in [-0.39, 0.29) is 5.75 Å². The molecule has 0 bridgehead atoms. The summed E-state index contributed by atoms with van der Waals surface area (Å²) in [6, 6.07) is 11.3. The number of para-hydroxylation sites is 1. The van der Waals surface area contributed by atoms with Crippen molar-refractivity contribution in [1.82, 2.24) is 4.57 Å². The van der Waals surface area contributed by atoms with Crippen molar-refractivity contribution in [2.45, 2.75) is 0 Å². The number of benzene rings is 2. The lowest BCUT2D eigenvalue weighted by molar-refractivity contribution is 0.112. The Hall–Kier alpha value is -2.29. The molecular weight excluding hydrogens is 214 g/mol. The van der Waals surface area contributed by atoms with E-state index in [1.54, 1.807) is 6.07 Å². The molecule has 2 aromatic carbocycles. The molecule has 0 aliphatic rings. The molecule has 0 aliphatic carbocycles. The first kappa shape index (κ1) is 9.90. The van der Waals surface area contributed by atoms with Crippen LogP contribution < -0.4 is 0 Å². The molecule has 1 aromatic heterocycles. The van der Waals surface area contributed by atoms with E-state index in [0.717, 1.165) is 21.8 Å². The van der Waals surface area contributed by atoms with Crippen LogP contribution in [0.4, 0.5) is 0 Å². The third kappa shape index (κ3) is 1.19. The predicted molar refractivity (Wildman–Crippen MR) is 67.5 cm³/mol. The molecule has 0 unspecified atom stereocenters. The average molecular weight is 225 g/mol. The van der Waals surface area contributed by atoms with Crippen LogP contribution >= 0.6 is 0 Å². The van der Waals surface area contributed by atoms with E-state index < -0.39 is 0 Å². The molecule has 3 nitrogen and oxygen atoms in total. The van der Waals surface area contributed by atoms with E-state index in [9.17, 15) is 9.90 Å². The first-order valence-electron chi connectivity index (χ1n) is 5.38. The smallest absolute Gasteiger partial charge is 0.153 e. The number of fused-ring (bicyclic) bond motifs is 3. The van der Waals surface area contributed by atoms with Crippen molar-refractivity contribution < 1.29 is 9.90 Å². The lowest BCUT2D eigenvalue weighted by Gasteiger charge is -2.00. The van der Waals surface area contributed by atoms with Gasteiger partial charge in [-0.05, 0) is 18.2 Å². The summed E-state index contributed by atoms with van der Waals surface area (Å²) in [6.07, 6.45) is 0.677. The number of rotatable bonds is 1. The maximum Gasteiger partial charge on any atom is 0.153 e. The Morgan fingerprint density at radius 2 is 1.88 bits per heavy atom. The molecule has 3 aromatic rings. The van der Waals surface area contributed by atoms with Crippen LogP contribution in [0, 0.1) is 0 Å². The van der Waals surface area contributed by atoms with Gasteiger partial charge in [-0.15, -0.1) is 0 Å². The van der Waals surface area contributed by atoms with Gasteiger partial charge in [-0.1, -0.05) is 18.2 Å². The number of carbonyl (C=O) groups is 1. The number of aryl methyl sites for hydroxylation is 1. The topological polar surface area (TPSA) is 42.2 Å². The summed E-state index contributed by atoms with van der Waals surface area (Å²) in [5.41, 5.74) is 2.30. The minimum Gasteiger partial charge on any atom is -0.506 e. The molecule has 1 N–H and O–H groups in total. The molecule has 0 saturated heterocycles. The van der Waals surface area contributed by atoms with Gasteiger partial charge < -0.3 is 9.67 Å². The van der Waals surface area contributed by atoms with Crippen molar-refractivity contribution in [2.24, 2.45) is 7.05 Å². The second kappa shape index (κ2) is 3.35. The fourth-order valence-corrected chi connectivity index (χ4v) is 2.34. The van der Waals surface area contributed by atoms with Gasteiger partial charge in [-0.3, -0.25) is 4.79 Å². The molecule has 0 saturated carbocycles. The van der Waals surface area contributed by atoms with Crippen LogP contribution in [0.2, 0.25) is 0 Å². The SMILES string of the molecule is Cn1c2ccccc2c2c(O)c(C=O)ccc21. The largest absolute Gasteiger partial charge is 0.506 e. The number of hydrogen-bond acceptors (Lipinski definition) is 2. The summed E-state index contributed by atoms with van der Waals surface area (Å²) in [5, 5.41) is 11.8. The number of nitrogens with zero attached hydrogens (tertiary/aromatic N) is 1. The lowest BCUT2D eigenvalue weighted by atomic mass is 10.1. The van der Waals surface area contributed by atoms with Crippen molar-refractivity contribution in [3.8, 4) is 5.75 Å². The molecule has 0 spiro atoms. The maximum absolute atomic E-state index is 10.8. The van der Waals surface area contributed by atoms with Gasteiger partial charge in [0, 0.05) is 18.0 Å². The molecule has 0 radical (unpaired) electrons. The van der Waals surface area contributed by atoms with Gasteiger partial charge in [0.05, 0.1) is 16.5 Å². The number of phenolic OH excluding ortho intramolecular Hbond substituents is 1. The number of aldehydes is 1. The zero-order valence-electron chi connectivity index (χ0n) is 9.34. The van der Waals surface area contributed by atoms with E-state index >= 15 is 0 Å². The van der Waals surface area contributed by atoms with Gasteiger partial charge in [-0.25, -0.2) is 0 Å². The third-order valence-electron chi connectivity index (χ3n) is 3.21. The van der Waals surface area contributed by atoms with Crippen LogP contribution in [0.1, 0.15) is 10.4 Å². The molecule has 0 amide bonds. The zero-order valence-corrected chi connectivity index (χ0v) is 9.34. The fraction of sp³-hybridized carbons (Fsp3) is 0.0714. The maximum atomic E-state index is 10.8. The van der Waals surface area contributed by atoms with Crippen LogP contribution in [0.25, 0.3) is 21.8 Å². The molecular formula is C14H11NO2. The average Bonchev–Trinajstić information content (AvgIpc) is 2.65. The van der Waals surface area contributed by atoms with E-state index in [0.29, 0.717) is 11.8 Å². The van der Waals surface area contributed by atoms with Gasteiger partial charge in [0.25, 0.3) is 0 Å². The molecule has 17 heavy (non-hydrogen) atoms. The highest BCUT2D eigenvalue weighted by Gasteiger charge is 2.13. The van der Waals surface area contributed by atoms with Gasteiger partial charge >= 0.3 is 0 Å². The summed E-state index contributed by atoms with van der Waals surface area (Å²) in [6.45, 7) is 0. The van der Waals surface area contributed by atoms with Crippen LogP contribution in [0.15, 0.2) is 36.4 Å². The predicted octanol–water partition coefficient (Wildman–Crippen LogP) is 2.85. The molecule has 84 valence electrons. The first-order chi connectivity index (χ1) is 8.24. The van der Waals surface area contributed by atoms with E-state index in [4.69, 9.17) is 0 Å². The van der Waals surface area contributed by atoms with Gasteiger partial charge in [0.15, 0.2) is 6.29 Å². The second-order valence-corrected chi connectivity index (χ2v) is 4.09. The second-order valence-electron chi connectivity index (χ2n) is 4.09. The van der Waals surface area contributed by atoms with E-state index in [2.05, 4.69) is 0 Å². The normalized spacial score (nSPS) is 11.1. The minimum atomic E-state index is 0.0642. The lowest BCUT2D eigenvalue weighted by Crippen LogP contribution is -1.87. The van der Waals surface area contributed by atoms with Gasteiger partial charge in [0.1, 0.15) is 5.75 Å². The van der Waals surface area contributed by atoms with Crippen molar-refractivity contribution in [3.05, 3.63) is 42.0 Å². The highest BCUT2D eigenvalue weighted by molar-refractivity contribution is 6.13. The minimum absolute atomic E-state index is 0.0642. The number of carbonyl (C=O) groups excluding carboxylic acids is 1. The zero-order chi connectivity index (χ0) is 12.0. The Balaban J connectivity index is 2.63. The van der Waals surface area contributed by atoms with Gasteiger partial charge in [0.2, 0.25) is 0 Å². The summed E-state index contributed by atoms with van der Waals surface area (Å²) in [5.74, 6) is 0.0642. The molecule has 0 aliphatic heterocycles. The quantitative estimate of drug-likeness (QED) is 0.647. The van der Waals surface area contributed by atoms with Gasteiger partial charge in [-0.2, -0.15) is 0 Å². The van der Waals surface area contributed by atoms with Crippen LogP contribution in [0.5, 0.6) is 5.75 Å². The highest BCUT2D eigenvalue weighted by Crippen LogP contribution is 2.35. The molecule has 3 rings (SSSR count). The van der Waals surface area contributed by atoms with Crippen molar-refractivity contribution in [3.63, 3.8) is 0 Å². The van der Waals surface area contributed by atoms with Crippen LogP contribution in [0.3, 0.4) is 0 Å². The van der Waals surface area contributed by atoms with Crippen molar-refractivity contribution in [2.75, 3.05) is 0 Å². The van der Waals surface area contributed by atoms with Crippen molar-refractivity contribution in [1.29, 1.82) is 0 Å². The number of phenols is 1. The summed E-state index contributed by atoms with van der Waals surface area (Å²) in [7, 11) is 1.95. The third-order valence-corrected chi connectivity index (χ3v) is 3.21. The Bertz CT molecular complexity index is 741. The fourth-order valence-electron chi connectivity index (χ4n) is 2.34. The molecule has 1 heterocycles. The summed E-state index contributed by atoms with van der Waals surface area (Å²) < 4.78 is 2.01. The molecule has 3 heteroatoms. The molecule has 0 fully saturated rings. The van der Waals surface area contributed by atoms with E-state index in [1.165, 1.54) is 0 Å². The monoisotopic (exact) mass is 225 g/mol. The standard InChI is InChI=1S/C14H11NO2/c1-15-11-5-3-2-4-10(11)13-12(15)7-6-9(8-16)14(13)17/h2-8,17H,1H3. The van der Waals surface area contributed by atoms with Crippen LogP contribution in [-0.2, 0) is 7.05 Å². The highest BCUT2D eigenvalue weighted by atomic mass is 16.3. The van der Waals surface area contributed by atoms with E-state index in [1.807, 2.05) is 41.9 Å². The van der Waals surface area contributed by atoms with Crippen LogP contribution in [-0.4, -0.2) is 16.0 Å². The Labute approximate surface area is 97.9 Å². The summed E-state index contributed by atoms with van der Waals surface area (Å²) in [4.78, 5) is 10.8. The number of aromatic nitrogens is 1. The summed E-state index contributed by atoms with van der Waals surface area (Å²) >= 11 is 0. The first-order valence-corrected chi connectivity index (χ1v) is 5.38.